The molecule has 0 aliphatic heterocycles. The molecular weight excluding hydrogens is 370 g/mol. The van der Waals surface area contributed by atoms with Crippen molar-refractivity contribution in [2.75, 3.05) is 7.11 Å². The number of hydrogen-bond acceptors (Lipinski definition) is 3. The minimum atomic E-state index is -3.75. The van der Waals surface area contributed by atoms with E-state index in [0.29, 0.717) is 11.3 Å². The van der Waals surface area contributed by atoms with Crippen LogP contribution in [0.2, 0.25) is 0 Å². The Hall–Kier alpha value is -2.63. The standard InChI is InChI=1S/C23H25NO3S/c1-16-9-8-12-20(13-16)23(19-10-6-5-7-11-19)24-28(25,26)22-15-17(2)21(27-4)14-18(22)3/h5-15,23-24H,1-4H3. The summed E-state index contributed by atoms with van der Waals surface area (Å²) >= 11 is 0. The van der Waals surface area contributed by atoms with Crippen LogP contribution in [-0.4, -0.2) is 15.5 Å². The molecule has 3 aromatic carbocycles. The second-order valence-electron chi connectivity index (χ2n) is 6.97. The Balaban J connectivity index is 2.07. The average Bonchev–Trinajstić information content (AvgIpc) is 2.68. The fraction of sp³-hybridized carbons (Fsp3) is 0.217. The van der Waals surface area contributed by atoms with Gasteiger partial charge in [-0.2, -0.15) is 4.72 Å². The maximum Gasteiger partial charge on any atom is 0.241 e. The second kappa shape index (κ2) is 8.17. The van der Waals surface area contributed by atoms with Crippen molar-refractivity contribution in [1.82, 2.24) is 4.72 Å². The maximum absolute atomic E-state index is 13.3. The normalized spacial score (nSPS) is 12.6. The Morgan fingerprint density at radius 3 is 2.14 bits per heavy atom. The van der Waals surface area contributed by atoms with Crippen molar-refractivity contribution in [3.63, 3.8) is 0 Å². The maximum atomic E-state index is 13.3. The first-order chi connectivity index (χ1) is 13.3. The first kappa shape index (κ1) is 20.1. The van der Waals surface area contributed by atoms with Crippen LogP contribution >= 0.6 is 0 Å². The van der Waals surface area contributed by atoms with Gasteiger partial charge in [-0.05, 0) is 55.2 Å². The molecule has 0 amide bonds. The highest BCUT2D eigenvalue weighted by Crippen LogP contribution is 2.29. The number of rotatable bonds is 6. The second-order valence-corrected chi connectivity index (χ2v) is 8.65. The van der Waals surface area contributed by atoms with Gasteiger partial charge in [-0.1, -0.05) is 60.2 Å². The van der Waals surface area contributed by atoms with Crippen LogP contribution in [-0.2, 0) is 10.0 Å². The first-order valence-corrected chi connectivity index (χ1v) is 10.6. The quantitative estimate of drug-likeness (QED) is 0.659. The van der Waals surface area contributed by atoms with Gasteiger partial charge >= 0.3 is 0 Å². The molecule has 1 N–H and O–H groups in total. The molecule has 0 fully saturated rings. The van der Waals surface area contributed by atoms with E-state index in [4.69, 9.17) is 4.74 Å². The van der Waals surface area contributed by atoms with Gasteiger partial charge in [-0.15, -0.1) is 0 Å². The molecule has 28 heavy (non-hydrogen) atoms. The van der Waals surface area contributed by atoms with Gasteiger partial charge in [0.15, 0.2) is 0 Å². The van der Waals surface area contributed by atoms with Gasteiger partial charge in [0, 0.05) is 0 Å². The van der Waals surface area contributed by atoms with Crippen LogP contribution in [0, 0.1) is 20.8 Å². The van der Waals surface area contributed by atoms with Gasteiger partial charge in [-0.3, -0.25) is 0 Å². The Labute approximate surface area is 167 Å². The highest BCUT2D eigenvalue weighted by Gasteiger charge is 2.25. The van der Waals surface area contributed by atoms with Crippen LogP contribution in [0.25, 0.3) is 0 Å². The van der Waals surface area contributed by atoms with E-state index in [9.17, 15) is 8.42 Å². The predicted octanol–water partition coefficient (Wildman–Crippen LogP) is 4.69. The number of benzene rings is 3. The molecule has 0 bridgehead atoms. The molecule has 146 valence electrons. The lowest BCUT2D eigenvalue weighted by Gasteiger charge is -2.21. The number of nitrogens with one attached hydrogen (secondary N) is 1. The Bertz CT molecular complexity index is 1080. The smallest absolute Gasteiger partial charge is 0.241 e. The largest absolute Gasteiger partial charge is 0.496 e. The van der Waals surface area contributed by atoms with E-state index < -0.39 is 16.1 Å². The zero-order valence-electron chi connectivity index (χ0n) is 16.6. The third kappa shape index (κ3) is 4.26. The predicted molar refractivity (Wildman–Crippen MR) is 112 cm³/mol. The van der Waals surface area contributed by atoms with E-state index in [1.54, 1.807) is 26.2 Å². The van der Waals surface area contributed by atoms with Crippen molar-refractivity contribution in [2.45, 2.75) is 31.7 Å². The van der Waals surface area contributed by atoms with Crippen molar-refractivity contribution < 1.29 is 13.2 Å². The molecule has 0 heterocycles. The molecule has 0 aromatic heterocycles. The average molecular weight is 396 g/mol. The van der Waals surface area contributed by atoms with Crippen LogP contribution in [0.1, 0.15) is 33.9 Å². The highest BCUT2D eigenvalue weighted by molar-refractivity contribution is 7.89. The van der Waals surface area contributed by atoms with E-state index in [-0.39, 0.29) is 4.90 Å². The Kier molecular flexibility index (Phi) is 5.87. The third-order valence-corrected chi connectivity index (χ3v) is 6.33. The lowest BCUT2D eigenvalue weighted by molar-refractivity contribution is 0.411. The van der Waals surface area contributed by atoms with E-state index in [2.05, 4.69) is 4.72 Å². The zero-order valence-corrected chi connectivity index (χ0v) is 17.4. The van der Waals surface area contributed by atoms with E-state index in [0.717, 1.165) is 22.3 Å². The fourth-order valence-electron chi connectivity index (χ4n) is 3.31. The minimum absolute atomic E-state index is 0.263. The summed E-state index contributed by atoms with van der Waals surface area (Å²) in [6, 6.07) is 20.4. The molecular formula is C23H25NO3S. The Morgan fingerprint density at radius 1 is 0.821 bits per heavy atom. The number of hydrogen-bond donors (Lipinski definition) is 1. The van der Waals surface area contributed by atoms with Crippen molar-refractivity contribution in [1.29, 1.82) is 0 Å². The number of sulfonamides is 1. The summed E-state index contributed by atoms with van der Waals surface area (Å²) in [7, 11) is -2.17. The van der Waals surface area contributed by atoms with Gasteiger partial charge in [-0.25, -0.2) is 8.42 Å². The van der Waals surface area contributed by atoms with Crippen LogP contribution in [0.15, 0.2) is 71.6 Å². The molecule has 3 rings (SSSR count). The first-order valence-electron chi connectivity index (χ1n) is 9.11. The highest BCUT2D eigenvalue weighted by atomic mass is 32.2. The number of aryl methyl sites for hydroxylation is 3. The monoisotopic (exact) mass is 395 g/mol. The van der Waals surface area contributed by atoms with Crippen molar-refractivity contribution in [3.8, 4) is 5.75 Å². The number of methoxy groups -OCH3 is 1. The van der Waals surface area contributed by atoms with Crippen LogP contribution in [0.4, 0.5) is 0 Å². The molecule has 0 spiro atoms. The van der Waals surface area contributed by atoms with Gasteiger partial charge in [0.25, 0.3) is 0 Å². The van der Waals surface area contributed by atoms with Crippen LogP contribution in [0.5, 0.6) is 5.75 Å². The van der Waals surface area contributed by atoms with E-state index >= 15 is 0 Å². The Morgan fingerprint density at radius 2 is 1.50 bits per heavy atom. The molecule has 0 saturated heterocycles. The van der Waals surface area contributed by atoms with Gasteiger partial charge in [0.1, 0.15) is 5.75 Å². The summed E-state index contributed by atoms with van der Waals surface area (Å²) in [5.41, 5.74) is 4.29. The molecule has 1 unspecified atom stereocenters. The number of ether oxygens (including phenoxy) is 1. The summed E-state index contributed by atoms with van der Waals surface area (Å²) in [5.74, 6) is 0.676. The van der Waals surface area contributed by atoms with E-state index in [1.165, 1.54) is 0 Å². The summed E-state index contributed by atoms with van der Waals surface area (Å²) in [6.45, 7) is 5.62. The van der Waals surface area contributed by atoms with Crippen molar-refractivity contribution in [2.24, 2.45) is 0 Å². The van der Waals surface area contributed by atoms with Crippen LogP contribution < -0.4 is 9.46 Å². The molecule has 5 heteroatoms. The van der Waals surface area contributed by atoms with E-state index in [1.807, 2.05) is 68.4 Å². The lowest BCUT2D eigenvalue weighted by Crippen LogP contribution is -2.30. The summed E-state index contributed by atoms with van der Waals surface area (Å²) in [6.07, 6.45) is 0. The molecule has 1 atom stereocenters. The summed E-state index contributed by atoms with van der Waals surface area (Å²) in [4.78, 5) is 0.263. The third-order valence-electron chi connectivity index (χ3n) is 4.76. The molecule has 0 radical (unpaired) electrons. The van der Waals surface area contributed by atoms with Crippen LogP contribution in [0.3, 0.4) is 0 Å². The van der Waals surface area contributed by atoms with Crippen molar-refractivity contribution >= 4 is 10.0 Å². The summed E-state index contributed by atoms with van der Waals surface area (Å²) < 4.78 is 34.8. The lowest BCUT2D eigenvalue weighted by atomic mass is 9.98. The topological polar surface area (TPSA) is 55.4 Å². The van der Waals surface area contributed by atoms with Gasteiger partial charge in [0.2, 0.25) is 10.0 Å². The summed E-state index contributed by atoms with van der Waals surface area (Å²) in [5, 5.41) is 0. The molecule has 0 aliphatic rings. The molecule has 0 aliphatic carbocycles. The van der Waals surface area contributed by atoms with Gasteiger partial charge < -0.3 is 4.74 Å². The SMILES string of the molecule is COc1cc(C)c(S(=O)(=O)NC(c2ccccc2)c2cccc(C)c2)cc1C. The minimum Gasteiger partial charge on any atom is -0.496 e. The molecule has 0 saturated carbocycles. The van der Waals surface area contributed by atoms with Crippen molar-refractivity contribution in [3.05, 3.63) is 94.5 Å². The van der Waals surface area contributed by atoms with Gasteiger partial charge in [0.05, 0.1) is 18.0 Å². The molecule has 4 nitrogen and oxygen atoms in total. The molecule has 3 aromatic rings. The fourth-order valence-corrected chi connectivity index (χ4v) is 4.84. The zero-order chi connectivity index (χ0) is 20.3.